The summed E-state index contributed by atoms with van der Waals surface area (Å²) in [5.41, 5.74) is 1.58. The van der Waals surface area contributed by atoms with Crippen LogP contribution in [0.2, 0.25) is 0 Å². The first-order valence-corrected chi connectivity index (χ1v) is 10.8. The maximum Gasteiger partial charge on any atom is 0.257 e. The predicted octanol–water partition coefficient (Wildman–Crippen LogP) is 2.08. The molecule has 0 saturated carbocycles. The van der Waals surface area contributed by atoms with Crippen LogP contribution >= 0.6 is 0 Å². The van der Waals surface area contributed by atoms with Crippen molar-refractivity contribution in [3.05, 3.63) is 59.7 Å². The minimum atomic E-state index is -0.206. The zero-order valence-corrected chi connectivity index (χ0v) is 17.5. The van der Waals surface area contributed by atoms with Gasteiger partial charge in [-0.25, -0.2) is 9.97 Å². The molecule has 7 nitrogen and oxygen atoms in total. The Kier molecular flexibility index (Phi) is 6.72. The Morgan fingerprint density at radius 2 is 1.83 bits per heavy atom. The van der Waals surface area contributed by atoms with Crippen LogP contribution in [0.4, 0.5) is 0 Å². The Bertz CT molecular complexity index is 822. The van der Waals surface area contributed by atoms with Gasteiger partial charge in [0.25, 0.3) is 5.91 Å². The molecule has 0 radical (unpaired) electrons. The number of amides is 1. The number of aliphatic hydroxyl groups is 1. The van der Waals surface area contributed by atoms with E-state index in [1.165, 1.54) is 0 Å². The second-order valence-electron chi connectivity index (χ2n) is 8.04. The molecule has 2 atom stereocenters. The second-order valence-corrected chi connectivity index (χ2v) is 8.04. The molecule has 0 unspecified atom stereocenters. The summed E-state index contributed by atoms with van der Waals surface area (Å²) < 4.78 is 6.20. The van der Waals surface area contributed by atoms with Crippen molar-refractivity contribution in [1.82, 2.24) is 19.8 Å². The first-order chi connectivity index (χ1) is 14.7. The van der Waals surface area contributed by atoms with Gasteiger partial charge in [0, 0.05) is 45.0 Å². The van der Waals surface area contributed by atoms with Gasteiger partial charge >= 0.3 is 0 Å². The zero-order valence-electron chi connectivity index (χ0n) is 17.5. The molecule has 1 aromatic heterocycles. The van der Waals surface area contributed by atoms with E-state index in [9.17, 15) is 9.90 Å². The minimum Gasteiger partial charge on any atom is -0.393 e. The van der Waals surface area contributed by atoms with Gasteiger partial charge in [0.15, 0.2) is 0 Å². The molecule has 1 N–H and O–H groups in total. The lowest BCUT2D eigenvalue weighted by Crippen LogP contribution is -2.52. The molecular formula is C23H30N4O3. The molecule has 7 heteroatoms. The van der Waals surface area contributed by atoms with Gasteiger partial charge in [0.05, 0.1) is 30.4 Å². The van der Waals surface area contributed by atoms with Crippen molar-refractivity contribution in [3.8, 4) is 0 Å². The normalized spacial score (nSPS) is 23.5. The Morgan fingerprint density at radius 3 is 2.50 bits per heavy atom. The number of morpholine rings is 1. The molecule has 2 fully saturated rings. The van der Waals surface area contributed by atoms with Crippen LogP contribution in [0.1, 0.15) is 47.6 Å². The molecule has 1 aromatic carbocycles. The fourth-order valence-corrected chi connectivity index (χ4v) is 4.33. The number of hydrogen-bond donors (Lipinski definition) is 1. The smallest absolute Gasteiger partial charge is 0.257 e. The number of ether oxygens (including phenoxy) is 1. The molecule has 2 aliphatic heterocycles. The summed E-state index contributed by atoms with van der Waals surface area (Å²) in [7, 11) is 0. The minimum absolute atomic E-state index is 0.0612. The van der Waals surface area contributed by atoms with E-state index in [0.29, 0.717) is 18.7 Å². The maximum atomic E-state index is 13.4. The van der Waals surface area contributed by atoms with Gasteiger partial charge in [-0.3, -0.25) is 4.79 Å². The van der Waals surface area contributed by atoms with E-state index in [4.69, 9.17) is 4.74 Å². The van der Waals surface area contributed by atoms with Crippen molar-refractivity contribution in [2.75, 3.05) is 32.8 Å². The largest absolute Gasteiger partial charge is 0.393 e. The number of likely N-dealkylation sites (tertiary alicyclic amines) is 1. The number of rotatable bonds is 5. The maximum absolute atomic E-state index is 13.4. The van der Waals surface area contributed by atoms with Crippen LogP contribution in [-0.2, 0) is 11.2 Å². The summed E-state index contributed by atoms with van der Waals surface area (Å²) in [5, 5.41) is 9.82. The van der Waals surface area contributed by atoms with Gasteiger partial charge < -0.3 is 19.6 Å². The molecule has 2 aliphatic rings. The van der Waals surface area contributed by atoms with Gasteiger partial charge in [-0.15, -0.1) is 0 Å². The number of aromatic nitrogens is 2. The van der Waals surface area contributed by atoms with E-state index in [-0.39, 0.29) is 24.2 Å². The van der Waals surface area contributed by atoms with Crippen molar-refractivity contribution in [1.29, 1.82) is 0 Å². The highest BCUT2D eigenvalue weighted by molar-refractivity contribution is 5.94. The fourth-order valence-electron chi connectivity index (χ4n) is 4.33. The number of carbonyl (C=O) groups is 1. The Balaban J connectivity index is 1.58. The van der Waals surface area contributed by atoms with Crippen LogP contribution in [-0.4, -0.2) is 75.8 Å². The predicted molar refractivity (Wildman–Crippen MR) is 113 cm³/mol. The Hall–Kier alpha value is -2.35. The molecule has 0 spiro atoms. The van der Waals surface area contributed by atoms with Gasteiger partial charge in [0.1, 0.15) is 5.82 Å². The Labute approximate surface area is 177 Å². The molecule has 1 amide bonds. The lowest BCUT2D eigenvalue weighted by Gasteiger charge is -2.44. The van der Waals surface area contributed by atoms with Gasteiger partial charge in [-0.2, -0.15) is 0 Å². The monoisotopic (exact) mass is 410 g/mol. The summed E-state index contributed by atoms with van der Waals surface area (Å²) in [4.78, 5) is 26.3. The lowest BCUT2D eigenvalue weighted by atomic mass is 9.96. The SMILES string of the molecule is CCc1ncc(C(=O)N2CCO[C@@H](CN3CCC(O)CC3)[C@@H]2c2ccccc2)cn1. The molecule has 4 rings (SSSR count). The van der Waals surface area contributed by atoms with Crippen LogP contribution in [0, 0.1) is 0 Å². The van der Waals surface area contributed by atoms with Gasteiger partial charge in [-0.1, -0.05) is 37.3 Å². The summed E-state index contributed by atoms with van der Waals surface area (Å²) in [5.74, 6) is 0.673. The van der Waals surface area contributed by atoms with Crippen molar-refractivity contribution in [3.63, 3.8) is 0 Å². The van der Waals surface area contributed by atoms with E-state index in [1.54, 1.807) is 12.4 Å². The summed E-state index contributed by atoms with van der Waals surface area (Å²) in [6, 6.07) is 9.93. The summed E-state index contributed by atoms with van der Waals surface area (Å²) in [6.07, 6.45) is 5.24. The third-order valence-corrected chi connectivity index (χ3v) is 6.02. The van der Waals surface area contributed by atoms with E-state index >= 15 is 0 Å². The van der Waals surface area contributed by atoms with Crippen LogP contribution in [0.25, 0.3) is 0 Å². The highest BCUT2D eigenvalue weighted by atomic mass is 16.5. The molecule has 2 aromatic rings. The lowest BCUT2D eigenvalue weighted by molar-refractivity contribution is -0.0770. The molecule has 0 bridgehead atoms. The number of benzene rings is 1. The van der Waals surface area contributed by atoms with E-state index in [0.717, 1.165) is 50.3 Å². The number of carbonyl (C=O) groups excluding carboxylic acids is 1. The van der Waals surface area contributed by atoms with Crippen LogP contribution < -0.4 is 0 Å². The summed E-state index contributed by atoms with van der Waals surface area (Å²) >= 11 is 0. The number of piperidine rings is 1. The first-order valence-electron chi connectivity index (χ1n) is 10.8. The Morgan fingerprint density at radius 1 is 1.13 bits per heavy atom. The molecule has 0 aliphatic carbocycles. The fraction of sp³-hybridized carbons (Fsp3) is 0.522. The molecule has 3 heterocycles. The molecule has 160 valence electrons. The third-order valence-electron chi connectivity index (χ3n) is 6.02. The molecule has 30 heavy (non-hydrogen) atoms. The quantitative estimate of drug-likeness (QED) is 0.813. The average molecular weight is 411 g/mol. The standard InChI is InChI=1S/C23H30N4O3/c1-2-21-24-14-18(15-25-21)23(29)27-12-13-30-20(16-26-10-8-19(28)9-11-26)22(27)17-6-4-3-5-7-17/h3-7,14-15,19-20,22,28H,2,8-13,16H2,1H3/t20-,22-/m0/s1. The highest BCUT2D eigenvalue weighted by Crippen LogP contribution is 2.32. The van der Waals surface area contributed by atoms with Crippen LogP contribution in [0.3, 0.4) is 0 Å². The van der Waals surface area contributed by atoms with Crippen LogP contribution in [0.15, 0.2) is 42.7 Å². The van der Waals surface area contributed by atoms with Crippen molar-refractivity contribution < 1.29 is 14.6 Å². The highest BCUT2D eigenvalue weighted by Gasteiger charge is 2.38. The number of aliphatic hydroxyl groups excluding tert-OH is 1. The van der Waals surface area contributed by atoms with Crippen molar-refractivity contribution in [2.24, 2.45) is 0 Å². The average Bonchev–Trinajstić information content (AvgIpc) is 2.80. The van der Waals surface area contributed by atoms with E-state index < -0.39 is 0 Å². The van der Waals surface area contributed by atoms with E-state index in [1.807, 2.05) is 30.0 Å². The van der Waals surface area contributed by atoms with E-state index in [2.05, 4.69) is 27.0 Å². The number of hydrogen-bond acceptors (Lipinski definition) is 6. The van der Waals surface area contributed by atoms with Crippen molar-refractivity contribution >= 4 is 5.91 Å². The number of aryl methyl sites for hydroxylation is 1. The molecule has 2 saturated heterocycles. The van der Waals surface area contributed by atoms with Crippen molar-refractivity contribution in [2.45, 2.75) is 44.4 Å². The number of nitrogens with zero attached hydrogens (tertiary/aromatic N) is 4. The topological polar surface area (TPSA) is 78.8 Å². The first kappa shape index (κ1) is 20.9. The molecular weight excluding hydrogens is 380 g/mol. The van der Waals surface area contributed by atoms with Gasteiger partial charge in [-0.05, 0) is 18.4 Å². The zero-order chi connectivity index (χ0) is 20.9. The second kappa shape index (κ2) is 9.64. The third kappa shape index (κ3) is 4.69. The van der Waals surface area contributed by atoms with Gasteiger partial charge in [0.2, 0.25) is 0 Å². The summed E-state index contributed by atoms with van der Waals surface area (Å²) in [6.45, 7) is 5.47. The van der Waals surface area contributed by atoms with Crippen LogP contribution in [0.5, 0.6) is 0 Å².